The maximum absolute atomic E-state index is 10.7. The lowest BCUT2D eigenvalue weighted by Crippen LogP contribution is -2.00. The first-order valence-electron chi connectivity index (χ1n) is 5.09. The normalized spacial score (nSPS) is 10.2. The zero-order valence-electron chi connectivity index (χ0n) is 9.42. The number of benzene rings is 1. The largest absolute Gasteiger partial charge is 0.486 e. The Morgan fingerprint density at radius 2 is 2.16 bits per heavy atom. The third-order valence-electron chi connectivity index (χ3n) is 2.17. The molecule has 0 N–H and O–H groups in total. The van der Waals surface area contributed by atoms with Crippen LogP contribution in [0.2, 0.25) is 5.15 Å². The number of halogens is 2. The van der Waals surface area contributed by atoms with Crippen LogP contribution in [0.4, 0.5) is 5.69 Å². The molecule has 0 saturated carbocycles. The van der Waals surface area contributed by atoms with Crippen LogP contribution in [0.5, 0.6) is 5.75 Å². The molecule has 0 radical (unpaired) electrons. The van der Waals surface area contributed by atoms with E-state index >= 15 is 0 Å². The molecule has 0 amide bonds. The van der Waals surface area contributed by atoms with Crippen molar-refractivity contribution in [3.05, 3.63) is 56.0 Å². The van der Waals surface area contributed by atoms with E-state index in [1.54, 1.807) is 6.07 Å². The molecule has 98 valence electrons. The molecule has 2 aromatic rings. The Kier molecular flexibility index (Phi) is 4.28. The fraction of sp³-hybridized carbons (Fsp3) is 0.0909. The minimum Gasteiger partial charge on any atom is -0.486 e. The second kappa shape index (κ2) is 5.94. The number of ether oxygens (including phenoxy) is 1. The van der Waals surface area contributed by atoms with Crippen molar-refractivity contribution in [1.82, 2.24) is 9.97 Å². The highest BCUT2D eigenvalue weighted by molar-refractivity contribution is 9.10. The quantitative estimate of drug-likeness (QED) is 0.627. The standard InChI is InChI=1S/C11H7BrClN3O3/c12-9-2-1-8(16(17)18)3-10(9)19-6-7-4-15-11(13)5-14-7/h1-5H,6H2. The molecule has 0 bridgehead atoms. The van der Waals surface area contributed by atoms with Crippen LogP contribution >= 0.6 is 27.5 Å². The Bertz CT molecular complexity index is 607. The number of hydrogen-bond acceptors (Lipinski definition) is 5. The summed E-state index contributed by atoms with van der Waals surface area (Å²) in [6.45, 7) is 0.143. The van der Waals surface area contributed by atoms with Crippen molar-refractivity contribution in [2.75, 3.05) is 0 Å². The van der Waals surface area contributed by atoms with Crippen LogP contribution < -0.4 is 4.74 Å². The van der Waals surface area contributed by atoms with Gasteiger partial charge in [-0.1, -0.05) is 11.6 Å². The summed E-state index contributed by atoms with van der Waals surface area (Å²) in [7, 11) is 0. The van der Waals surface area contributed by atoms with Crippen LogP contribution in [-0.2, 0) is 6.61 Å². The minimum absolute atomic E-state index is 0.0413. The van der Waals surface area contributed by atoms with E-state index in [0.29, 0.717) is 21.1 Å². The number of nitro benzene ring substituents is 1. The first-order valence-corrected chi connectivity index (χ1v) is 6.26. The van der Waals surface area contributed by atoms with Gasteiger partial charge in [-0.05, 0) is 22.0 Å². The number of nitro groups is 1. The van der Waals surface area contributed by atoms with Gasteiger partial charge >= 0.3 is 0 Å². The zero-order chi connectivity index (χ0) is 13.8. The summed E-state index contributed by atoms with van der Waals surface area (Å²) in [4.78, 5) is 18.1. The van der Waals surface area contributed by atoms with Gasteiger partial charge in [-0.2, -0.15) is 0 Å². The number of hydrogen-bond donors (Lipinski definition) is 0. The summed E-state index contributed by atoms with van der Waals surface area (Å²) in [6, 6.07) is 4.29. The summed E-state index contributed by atoms with van der Waals surface area (Å²) >= 11 is 8.87. The van der Waals surface area contributed by atoms with E-state index in [4.69, 9.17) is 16.3 Å². The van der Waals surface area contributed by atoms with Gasteiger partial charge in [0.15, 0.2) is 0 Å². The summed E-state index contributed by atoms with van der Waals surface area (Å²) < 4.78 is 6.08. The summed E-state index contributed by atoms with van der Waals surface area (Å²) in [5.41, 5.74) is 0.531. The molecule has 0 aliphatic rings. The van der Waals surface area contributed by atoms with Gasteiger partial charge in [-0.15, -0.1) is 0 Å². The van der Waals surface area contributed by atoms with E-state index in [0.717, 1.165) is 0 Å². The van der Waals surface area contributed by atoms with Gasteiger partial charge < -0.3 is 4.74 Å². The molecule has 0 unspecified atom stereocenters. The number of aromatic nitrogens is 2. The van der Waals surface area contributed by atoms with Crippen LogP contribution in [0.15, 0.2) is 35.1 Å². The van der Waals surface area contributed by atoms with E-state index in [9.17, 15) is 10.1 Å². The van der Waals surface area contributed by atoms with E-state index in [-0.39, 0.29) is 12.3 Å². The van der Waals surface area contributed by atoms with Crippen molar-refractivity contribution >= 4 is 33.2 Å². The average molecular weight is 345 g/mol. The highest BCUT2D eigenvalue weighted by Gasteiger charge is 2.10. The zero-order valence-corrected chi connectivity index (χ0v) is 11.8. The molecule has 8 heteroatoms. The van der Waals surface area contributed by atoms with E-state index in [1.165, 1.54) is 24.5 Å². The molecule has 1 heterocycles. The monoisotopic (exact) mass is 343 g/mol. The second-order valence-electron chi connectivity index (χ2n) is 3.49. The third-order valence-corrected chi connectivity index (χ3v) is 3.03. The lowest BCUT2D eigenvalue weighted by Gasteiger charge is -2.07. The van der Waals surface area contributed by atoms with Gasteiger partial charge in [-0.3, -0.25) is 15.1 Å². The molecule has 0 fully saturated rings. The molecular formula is C11H7BrClN3O3. The Morgan fingerprint density at radius 3 is 2.79 bits per heavy atom. The topological polar surface area (TPSA) is 78.2 Å². The number of nitrogens with zero attached hydrogens (tertiary/aromatic N) is 3. The van der Waals surface area contributed by atoms with Gasteiger partial charge in [0.2, 0.25) is 0 Å². The predicted octanol–water partition coefficient (Wildman–Crippen LogP) is 3.38. The highest BCUT2D eigenvalue weighted by atomic mass is 79.9. The molecule has 6 nitrogen and oxygen atoms in total. The van der Waals surface area contributed by atoms with Crippen LogP contribution in [0.1, 0.15) is 5.69 Å². The lowest BCUT2D eigenvalue weighted by molar-refractivity contribution is -0.385. The minimum atomic E-state index is -0.485. The van der Waals surface area contributed by atoms with E-state index < -0.39 is 4.92 Å². The molecule has 1 aromatic carbocycles. The Labute approximate surface area is 121 Å². The molecule has 19 heavy (non-hydrogen) atoms. The van der Waals surface area contributed by atoms with Crippen molar-refractivity contribution in [2.45, 2.75) is 6.61 Å². The maximum Gasteiger partial charge on any atom is 0.273 e. The van der Waals surface area contributed by atoms with Gasteiger partial charge in [0.25, 0.3) is 5.69 Å². The summed E-state index contributed by atoms with van der Waals surface area (Å²) in [5.74, 6) is 0.367. The number of non-ortho nitro benzene ring substituents is 1. The Morgan fingerprint density at radius 1 is 1.37 bits per heavy atom. The lowest BCUT2D eigenvalue weighted by atomic mass is 10.3. The van der Waals surface area contributed by atoms with Gasteiger partial charge in [0.05, 0.1) is 33.6 Å². The maximum atomic E-state index is 10.7. The summed E-state index contributed by atoms with van der Waals surface area (Å²) in [6.07, 6.45) is 2.89. The number of rotatable bonds is 4. The first kappa shape index (κ1) is 13.7. The van der Waals surface area contributed by atoms with Gasteiger partial charge in [0.1, 0.15) is 17.5 Å². The molecular weight excluding hydrogens is 337 g/mol. The Balaban J connectivity index is 2.12. The van der Waals surface area contributed by atoms with Crippen molar-refractivity contribution in [2.24, 2.45) is 0 Å². The molecule has 0 aliphatic heterocycles. The van der Waals surface area contributed by atoms with Crippen LogP contribution in [0.25, 0.3) is 0 Å². The summed E-state index contributed by atoms with van der Waals surface area (Å²) in [5, 5.41) is 11.0. The molecule has 0 saturated heterocycles. The fourth-order valence-electron chi connectivity index (χ4n) is 1.28. The fourth-order valence-corrected chi connectivity index (χ4v) is 1.74. The molecule has 1 aromatic heterocycles. The molecule has 2 rings (SSSR count). The average Bonchev–Trinajstić information content (AvgIpc) is 2.39. The van der Waals surface area contributed by atoms with Gasteiger partial charge in [0, 0.05) is 6.07 Å². The third kappa shape index (κ3) is 3.62. The van der Waals surface area contributed by atoms with E-state index in [1.807, 2.05) is 0 Å². The van der Waals surface area contributed by atoms with Crippen molar-refractivity contribution < 1.29 is 9.66 Å². The first-order chi connectivity index (χ1) is 9.06. The van der Waals surface area contributed by atoms with Crippen LogP contribution in [-0.4, -0.2) is 14.9 Å². The van der Waals surface area contributed by atoms with Crippen molar-refractivity contribution in [3.63, 3.8) is 0 Å². The SMILES string of the molecule is O=[N+]([O-])c1ccc(Br)c(OCc2cnc(Cl)cn2)c1. The second-order valence-corrected chi connectivity index (χ2v) is 4.73. The van der Waals surface area contributed by atoms with Crippen LogP contribution in [0.3, 0.4) is 0 Å². The van der Waals surface area contributed by atoms with E-state index in [2.05, 4.69) is 25.9 Å². The molecule has 0 atom stereocenters. The van der Waals surface area contributed by atoms with Gasteiger partial charge in [-0.25, -0.2) is 4.98 Å². The highest BCUT2D eigenvalue weighted by Crippen LogP contribution is 2.29. The predicted molar refractivity (Wildman–Crippen MR) is 72.2 cm³/mol. The van der Waals surface area contributed by atoms with Crippen molar-refractivity contribution in [3.8, 4) is 5.75 Å². The Hall–Kier alpha value is -1.73. The smallest absolute Gasteiger partial charge is 0.273 e. The molecule has 0 aliphatic carbocycles. The van der Waals surface area contributed by atoms with Crippen LogP contribution in [0, 0.1) is 10.1 Å². The molecule has 0 spiro atoms. The van der Waals surface area contributed by atoms with Crippen molar-refractivity contribution in [1.29, 1.82) is 0 Å².